The first kappa shape index (κ1) is 18.0. The minimum atomic E-state index is -0.0897. The normalized spacial score (nSPS) is 16.5. The van der Waals surface area contributed by atoms with Crippen LogP contribution in [0.1, 0.15) is 18.2 Å². The predicted octanol–water partition coefficient (Wildman–Crippen LogP) is 3.33. The second-order valence-corrected chi connectivity index (χ2v) is 7.00. The molecule has 0 radical (unpaired) electrons. The second-order valence-electron chi connectivity index (χ2n) is 7.00. The van der Waals surface area contributed by atoms with Gasteiger partial charge < -0.3 is 19.1 Å². The second kappa shape index (κ2) is 7.34. The van der Waals surface area contributed by atoms with E-state index in [1.165, 1.54) is 0 Å². The first-order valence-corrected chi connectivity index (χ1v) is 9.11. The molecule has 2 aromatic carbocycles. The molecule has 0 N–H and O–H groups in total. The van der Waals surface area contributed by atoms with Crippen LogP contribution in [0.2, 0.25) is 0 Å². The topological polar surface area (TPSA) is 71.7 Å². The zero-order valence-electron chi connectivity index (χ0n) is 16.1. The fraction of sp³-hybridized carbons (Fsp3) is 0.286. The number of methoxy groups -OCH3 is 1. The van der Waals surface area contributed by atoms with Crippen molar-refractivity contribution in [2.24, 2.45) is 0 Å². The maximum absolute atomic E-state index is 12.5. The summed E-state index contributed by atoms with van der Waals surface area (Å²) < 4.78 is 10.6. The quantitative estimate of drug-likeness (QED) is 0.678. The number of hydrogen-bond donors (Lipinski definition) is 0. The number of carbonyl (C=O) groups excluding carboxylic acids is 1. The van der Waals surface area contributed by atoms with Gasteiger partial charge in [-0.15, -0.1) is 0 Å². The van der Waals surface area contributed by atoms with Gasteiger partial charge in [0.05, 0.1) is 7.11 Å². The third kappa shape index (κ3) is 3.43. The average Bonchev–Trinajstić information content (AvgIpc) is 3.35. The van der Waals surface area contributed by atoms with Crippen molar-refractivity contribution in [3.05, 3.63) is 54.4 Å². The van der Waals surface area contributed by atoms with E-state index in [1.54, 1.807) is 12.0 Å². The van der Waals surface area contributed by atoms with Gasteiger partial charge in [0.15, 0.2) is 5.82 Å². The summed E-state index contributed by atoms with van der Waals surface area (Å²) >= 11 is 0. The number of nitrogens with zero attached hydrogens (tertiary/aromatic N) is 4. The molecule has 0 saturated carbocycles. The van der Waals surface area contributed by atoms with Crippen LogP contribution in [-0.2, 0) is 4.79 Å². The number of aromatic nitrogens is 2. The largest absolute Gasteiger partial charge is 0.497 e. The highest BCUT2D eigenvalue weighted by atomic mass is 16.5. The van der Waals surface area contributed by atoms with E-state index in [0.29, 0.717) is 24.7 Å². The van der Waals surface area contributed by atoms with Crippen LogP contribution in [0.4, 0.5) is 11.4 Å². The number of ether oxygens (including phenoxy) is 1. The third-order valence-electron chi connectivity index (χ3n) is 4.95. The van der Waals surface area contributed by atoms with Crippen molar-refractivity contribution < 1.29 is 14.1 Å². The molecule has 28 heavy (non-hydrogen) atoms. The summed E-state index contributed by atoms with van der Waals surface area (Å²) in [5.41, 5.74) is 2.80. The van der Waals surface area contributed by atoms with Crippen LogP contribution in [0.3, 0.4) is 0 Å². The molecular formula is C21H22N4O3. The molecule has 144 valence electrons. The Labute approximate surface area is 163 Å². The van der Waals surface area contributed by atoms with Gasteiger partial charge in [-0.1, -0.05) is 5.16 Å². The van der Waals surface area contributed by atoms with Gasteiger partial charge in [0.1, 0.15) is 5.75 Å². The van der Waals surface area contributed by atoms with E-state index in [-0.39, 0.29) is 11.8 Å². The lowest BCUT2D eigenvalue weighted by Crippen LogP contribution is -2.24. The predicted molar refractivity (Wildman–Crippen MR) is 107 cm³/mol. The first-order chi connectivity index (χ1) is 13.5. The van der Waals surface area contributed by atoms with Gasteiger partial charge in [0.25, 0.3) is 5.89 Å². The zero-order valence-corrected chi connectivity index (χ0v) is 16.1. The Morgan fingerprint density at radius 2 is 1.82 bits per heavy atom. The molecule has 1 fully saturated rings. The molecule has 0 spiro atoms. The van der Waals surface area contributed by atoms with Crippen molar-refractivity contribution in [3.8, 4) is 17.2 Å². The third-order valence-corrected chi connectivity index (χ3v) is 4.95. The summed E-state index contributed by atoms with van der Waals surface area (Å²) in [4.78, 5) is 20.8. The standard InChI is InChI=1S/C21H22N4O3/c1-24(2)16-6-4-14(5-7-16)21-22-20(23-28-21)15-12-19(26)25(13-15)17-8-10-18(27-3)11-9-17/h4-11,15H,12-13H2,1-3H3/t15-/m0/s1. The van der Waals surface area contributed by atoms with Gasteiger partial charge in [0, 0.05) is 49.9 Å². The minimum absolute atomic E-state index is 0.0526. The molecule has 3 aromatic rings. The van der Waals surface area contributed by atoms with Gasteiger partial charge in [-0.25, -0.2) is 0 Å². The van der Waals surface area contributed by atoms with Crippen LogP contribution in [0, 0.1) is 0 Å². The lowest BCUT2D eigenvalue weighted by molar-refractivity contribution is -0.117. The van der Waals surface area contributed by atoms with E-state index < -0.39 is 0 Å². The minimum Gasteiger partial charge on any atom is -0.497 e. The Balaban J connectivity index is 1.50. The van der Waals surface area contributed by atoms with Crippen LogP contribution in [0.15, 0.2) is 53.1 Å². The molecule has 0 unspecified atom stereocenters. The summed E-state index contributed by atoms with van der Waals surface area (Å²) in [6.45, 7) is 0.531. The van der Waals surface area contributed by atoms with Gasteiger partial charge >= 0.3 is 0 Å². The van der Waals surface area contributed by atoms with Gasteiger partial charge in [-0.3, -0.25) is 4.79 Å². The van der Waals surface area contributed by atoms with E-state index in [9.17, 15) is 4.79 Å². The maximum Gasteiger partial charge on any atom is 0.257 e. The number of amides is 1. The molecule has 1 saturated heterocycles. The van der Waals surface area contributed by atoms with E-state index in [0.717, 1.165) is 22.7 Å². The molecule has 1 aliphatic rings. The molecule has 1 amide bonds. The monoisotopic (exact) mass is 378 g/mol. The van der Waals surface area contributed by atoms with Crippen molar-refractivity contribution in [3.63, 3.8) is 0 Å². The molecule has 7 nitrogen and oxygen atoms in total. The molecule has 7 heteroatoms. The maximum atomic E-state index is 12.5. The Bertz CT molecular complexity index is 964. The van der Waals surface area contributed by atoms with E-state index in [1.807, 2.05) is 67.5 Å². The highest BCUT2D eigenvalue weighted by molar-refractivity contribution is 5.96. The molecular weight excluding hydrogens is 356 g/mol. The van der Waals surface area contributed by atoms with Crippen molar-refractivity contribution in [2.75, 3.05) is 37.5 Å². The van der Waals surface area contributed by atoms with Crippen LogP contribution < -0.4 is 14.5 Å². The fourth-order valence-electron chi connectivity index (χ4n) is 3.31. The lowest BCUT2D eigenvalue weighted by atomic mass is 10.1. The SMILES string of the molecule is COc1ccc(N2C[C@@H](c3noc(-c4ccc(N(C)C)cc4)n3)CC2=O)cc1. The Morgan fingerprint density at radius 3 is 2.46 bits per heavy atom. The molecule has 2 heterocycles. The fourth-order valence-corrected chi connectivity index (χ4v) is 3.31. The average molecular weight is 378 g/mol. The Morgan fingerprint density at radius 1 is 1.11 bits per heavy atom. The lowest BCUT2D eigenvalue weighted by Gasteiger charge is -2.16. The molecule has 1 atom stereocenters. The number of hydrogen-bond acceptors (Lipinski definition) is 6. The van der Waals surface area contributed by atoms with Gasteiger partial charge in [-0.05, 0) is 48.5 Å². The molecule has 4 rings (SSSR count). The highest BCUT2D eigenvalue weighted by Crippen LogP contribution is 2.32. The van der Waals surface area contributed by atoms with Crippen molar-refractivity contribution in [1.29, 1.82) is 0 Å². The Hall–Kier alpha value is -3.35. The van der Waals surface area contributed by atoms with E-state index >= 15 is 0 Å². The van der Waals surface area contributed by atoms with Gasteiger partial charge in [0.2, 0.25) is 5.91 Å². The van der Waals surface area contributed by atoms with Crippen molar-refractivity contribution >= 4 is 17.3 Å². The van der Waals surface area contributed by atoms with Crippen molar-refractivity contribution in [2.45, 2.75) is 12.3 Å². The summed E-state index contributed by atoms with van der Waals surface area (Å²) in [6, 6.07) is 15.4. The highest BCUT2D eigenvalue weighted by Gasteiger charge is 2.34. The van der Waals surface area contributed by atoms with Crippen LogP contribution in [0.5, 0.6) is 5.75 Å². The molecule has 1 aromatic heterocycles. The zero-order chi connectivity index (χ0) is 19.7. The van der Waals surface area contributed by atoms with E-state index in [2.05, 4.69) is 10.1 Å². The number of carbonyl (C=O) groups is 1. The van der Waals surface area contributed by atoms with Gasteiger partial charge in [-0.2, -0.15) is 4.98 Å². The first-order valence-electron chi connectivity index (χ1n) is 9.11. The van der Waals surface area contributed by atoms with Crippen LogP contribution >= 0.6 is 0 Å². The Kier molecular flexibility index (Phi) is 4.73. The molecule has 0 aliphatic carbocycles. The molecule has 0 bridgehead atoms. The number of anilines is 2. The van der Waals surface area contributed by atoms with Crippen molar-refractivity contribution in [1.82, 2.24) is 10.1 Å². The summed E-state index contributed by atoms with van der Waals surface area (Å²) in [6.07, 6.45) is 0.366. The van der Waals surface area contributed by atoms with E-state index in [4.69, 9.17) is 9.26 Å². The summed E-state index contributed by atoms with van der Waals surface area (Å²) in [5.74, 6) is 1.76. The number of benzene rings is 2. The molecule has 1 aliphatic heterocycles. The summed E-state index contributed by atoms with van der Waals surface area (Å²) in [5, 5.41) is 4.13. The number of rotatable bonds is 5. The van der Waals surface area contributed by atoms with Crippen LogP contribution in [-0.4, -0.2) is 43.8 Å². The smallest absolute Gasteiger partial charge is 0.257 e. The van der Waals surface area contributed by atoms with Crippen LogP contribution in [0.25, 0.3) is 11.5 Å². The summed E-state index contributed by atoms with van der Waals surface area (Å²) in [7, 11) is 5.60.